The topological polar surface area (TPSA) is 96.4 Å². The Morgan fingerprint density at radius 1 is 1.19 bits per heavy atom. The molecule has 3 aromatic rings. The Labute approximate surface area is 192 Å². The van der Waals surface area contributed by atoms with E-state index in [4.69, 9.17) is 4.98 Å². The highest BCUT2D eigenvalue weighted by Crippen LogP contribution is 2.34. The molecule has 2 heterocycles. The Morgan fingerprint density at radius 3 is 2.91 bits per heavy atom. The lowest BCUT2D eigenvalue weighted by Gasteiger charge is -2.30. The van der Waals surface area contributed by atoms with E-state index in [0.717, 1.165) is 48.6 Å². The average molecular weight is 452 g/mol. The van der Waals surface area contributed by atoms with Crippen molar-refractivity contribution >= 4 is 34.5 Å². The van der Waals surface area contributed by atoms with Crippen LogP contribution in [0.5, 0.6) is 5.75 Å². The number of nitrogens with zero attached hydrogens (tertiary/aromatic N) is 3. The van der Waals surface area contributed by atoms with Crippen LogP contribution >= 0.6 is 0 Å². The lowest BCUT2D eigenvalue weighted by Crippen LogP contribution is -2.25. The Balaban J connectivity index is 1.49. The van der Waals surface area contributed by atoms with Crippen molar-refractivity contribution in [3.63, 3.8) is 0 Å². The summed E-state index contributed by atoms with van der Waals surface area (Å²) in [6.45, 7) is 5.86. The number of phenolic OH excluding ortho intramolecular Hbond substituents is 1. The molecular formula is C24H29N5O2S. The van der Waals surface area contributed by atoms with E-state index in [0.29, 0.717) is 23.3 Å². The van der Waals surface area contributed by atoms with Crippen molar-refractivity contribution in [1.82, 2.24) is 14.7 Å². The Kier molecular flexibility index (Phi) is 7.14. The molecule has 168 valence electrons. The number of fused-ring (bicyclic) bond motifs is 1. The number of anilines is 4. The Hall–Kier alpha value is -2.81. The maximum atomic E-state index is 12.5. The number of aryl methyl sites for hydroxylation is 1. The zero-order valence-corrected chi connectivity index (χ0v) is 19.2. The second-order valence-electron chi connectivity index (χ2n) is 8.31. The summed E-state index contributed by atoms with van der Waals surface area (Å²) in [6.07, 6.45) is 4.63. The second-order valence-corrected chi connectivity index (χ2v) is 9.60. The van der Waals surface area contributed by atoms with Crippen molar-refractivity contribution in [1.29, 1.82) is 0 Å². The van der Waals surface area contributed by atoms with Crippen molar-refractivity contribution in [2.75, 3.05) is 23.3 Å². The molecule has 0 spiro atoms. The first-order valence-corrected chi connectivity index (χ1v) is 12.1. The highest BCUT2D eigenvalue weighted by Gasteiger charge is 2.20. The molecule has 3 N–H and O–H groups in total. The highest BCUT2D eigenvalue weighted by molar-refractivity contribution is 7.89. The number of nitrogens with one attached hydrogen (secondary N) is 2. The summed E-state index contributed by atoms with van der Waals surface area (Å²) in [4.78, 5) is 11.9. The number of hydrogen-bond acceptors (Lipinski definition) is 7. The maximum absolute atomic E-state index is 12.5. The van der Waals surface area contributed by atoms with Gasteiger partial charge in [-0.05, 0) is 67.1 Å². The monoisotopic (exact) mass is 451 g/mol. The van der Waals surface area contributed by atoms with E-state index in [2.05, 4.69) is 33.8 Å². The van der Waals surface area contributed by atoms with Gasteiger partial charge in [-0.2, -0.15) is 4.98 Å². The minimum atomic E-state index is -1.26. The van der Waals surface area contributed by atoms with E-state index in [1.54, 1.807) is 12.3 Å². The van der Waals surface area contributed by atoms with E-state index in [1.165, 1.54) is 0 Å². The summed E-state index contributed by atoms with van der Waals surface area (Å²) in [5, 5.41) is 13.0. The van der Waals surface area contributed by atoms with Gasteiger partial charge in [-0.25, -0.2) is 4.98 Å². The third-order valence-corrected chi connectivity index (χ3v) is 6.51. The number of benzene rings is 2. The fourth-order valence-electron chi connectivity index (χ4n) is 3.72. The smallest absolute Gasteiger partial charge is 0.229 e. The molecule has 1 aliphatic heterocycles. The van der Waals surface area contributed by atoms with E-state index in [-0.39, 0.29) is 5.75 Å². The molecule has 0 aliphatic carbocycles. The van der Waals surface area contributed by atoms with Crippen LogP contribution in [0, 0.1) is 5.92 Å². The van der Waals surface area contributed by atoms with Crippen molar-refractivity contribution < 1.29 is 9.66 Å². The quantitative estimate of drug-likeness (QED) is 0.428. The standard InChI is InChI=1S/C24H29N5O2S/c1-17(2)10-13-26-32(31)21-7-3-6-19(16-21)27-24-25-12-11-23(28-24)29-14-4-5-18-15-20(30)8-9-22(18)29/h3,6-9,11-12,15-17,26,30H,4-5,10,13-14H2,1-2H3,(H,25,27,28). The molecule has 1 aliphatic rings. The van der Waals surface area contributed by atoms with Crippen LogP contribution in [0.3, 0.4) is 0 Å². The number of aromatic nitrogens is 2. The number of rotatable bonds is 8. The maximum Gasteiger partial charge on any atom is 0.229 e. The fourth-order valence-corrected chi connectivity index (χ4v) is 4.63. The molecule has 1 unspecified atom stereocenters. The van der Waals surface area contributed by atoms with E-state index in [1.807, 2.05) is 42.5 Å². The molecule has 0 saturated heterocycles. The third kappa shape index (κ3) is 5.51. The van der Waals surface area contributed by atoms with Gasteiger partial charge in [0.25, 0.3) is 0 Å². The minimum Gasteiger partial charge on any atom is -0.593 e. The molecule has 0 radical (unpaired) electrons. The molecule has 32 heavy (non-hydrogen) atoms. The molecule has 0 saturated carbocycles. The van der Waals surface area contributed by atoms with Crippen LogP contribution in [0.25, 0.3) is 0 Å². The summed E-state index contributed by atoms with van der Waals surface area (Å²) in [6, 6.07) is 14.8. The summed E-state index contributed by atoms with van der Waals surface area (Å²) in [7, 11) is 0. The lowest BCUT2D eigenvalue weighted by atomic mass is 10.0. The van der Waals surface area contributed by atoms with Crippen LogP contribution < -0.4 is 14.9 Å². The van der Waals surface area contributed by atoms with Gasteiger partial charge < -0.3 is 19.9 Å². The summed E-state index contributed by atoms with van der Waals surface area (Å²) < 4.78 is 15.6. The van der Waals surface area contributed by atoms with Crippen molar-refractivity contribution in [2.24, 2.45) is 5.92 Å². The van der Waals surface area contributed by atoms with Crippen LogP contribution in [0.15, 0.2) is 59.6 Å². The first-order valence-electron chi connectivity index (χ1n) is 10.9. The molecule has 8 heteroatoms. The first kappa shape index (κ1) is 22.4. The molecule has 7 nitrogen and oxygen atoms in total. The van der Waals surface area contributed by atoms with Gasteiger partial charge in [0, 0.05) is 36.7 Å². The van der Waals surface area contributed by atoms with Crippen LogP contribution in [0.4, 0.5) is 23.1 Å². The summed E-state index contributed by atoms with van der Waals surface area (Å²) in [5.41, 5.74) is 2.95. The molecule has 1 atom stereocenters. The Bertz CT molecular complexity index is 1060. The van der Waals surface area contributed by atoms with Gasteiger partial charge in [-0.15, -0.1) is 4.72 Å². The van der Waals surface area contributed by atoms with Gasteiger partial charge in [-0.1, -0.05) is 19.9 Å². The summed E-state index contributed by atoms with van der Waals surface area (Å²) in [5.74, 6) is 2.12. The predicted molar refractivity (Wildman–Crippen MR) is 129 cm³/mol. The molecule has 4 rings (SSSR count). The third-order valence-electron chi connectivity index (χ3n) is 5.36. The van der Waals surface area contributed by atoms with Crippen LogP contribution in [0.2, 0.25) is 0 Å². The number of hydrogen-bond donors (Lipinski definition) is 3. The normalized spacial score (nSPS) is 14.3. The largest absolute Gasteiger partial charge is 0.593 e. The van der Waals surface area contributed by atoms with E-state index in [9.17, 15) is 9.66 Å². The van der Waals surface area contributed by atoms with Crippen molar-refractivity contribution in [3.8, 4) is 5.75 Å². The summed E-state index contributed by atoms with van der Waals surface area (Å²) >= 11 is -1.26. The van der Waals surface area contributed by atoms with Gasteiger partial charge in [-0.3, -0.25) is 0 Å². The predicted octanol–water partition coefficient (Wildman–Crippen LogP) is 4.67. The molecule has 0 bridgehead atoms. The minimum absolute atomic E-state index is 0.284. The fraction of sp³-hybridized carbons (Fsp3) is 0.333. The van der Waals surface area contributed by atoms with Crippen LogP contribution in [0.1, 0.15) is 32.3 Å². The van der Waals surface area contributed by atoms with E-state index >= 15 is 0 Å². The molecule has 0 amide bonds. The molecule has 0 fully saturated rings. The average Bonchev–Trinajstić information content (AvgIpc) is 2.78. The van der Waals surface area contributed by atoms with E-state index < -0.39 is 11.4 Å². The van der Waals surface area contributed by atoms with Gasteiger partial charge in [0.15, 0.2) is 4.90 Å². The lowest BCUT2D eigenvalue weighted by molar-refractivity contribution is 0.474. The van der Waals surface area contributed by atoms with Gasteiger partial charge in [0.1, 0.15) is 11.6 Å². The zero-order valence-electron chi connectivity index (χ0n) is 18.4. The Morgan fingerprint density at radius 2 is 2.06 bits per heavy atom. The number of phenols is 1. The zero-order chi connectivity index (χ0) is 22.5. The second kappa shape index (κ2) is 10.2. The van der Waals surface area contributed by atoms with Crippen LogP contribution in [-0.2, 0) is 17.8 Å². The van der Waals surface area contributed by atoms with Crippen molar-refractivity contribution in [2.45, 2.75) is 38.0 Å². The SMILES string of the molecule is CC(C)CCN[S+]([O-])c1cccc(Nc2nccc(N3CCCc4cc(O)ccc43)n2)c1. The highest BCUT2D eigenvalue weighted by atomic mass is 32.2. The molecule has 2 aromatic carbocycles. The van der Waals surface area contributed by atoms with Crippen LogP contribution in [-0.4, -0.2) is 32.7 Å². The molecular weight excluding hydrogens is 422 g/mol. The number of aromatic hydroxyl groups is 1. The molecule has 1 aromatic heterocycles. The van der Waals surface area contributed by atoms with Crippen molar-refractivity contribution in [3.05, 3.63) is 60.3 Å². The van der Waals surface area contributed by atoms with Gasteiger partial charge in [0.05, 0.1) is 11.4 Å². The van der Waals surface area contributed by atoms with Gasteiger partial charge >= 0.3 is 0 Å². The van der Waals surface area contributed by atoms with Gasteiger partial charge in [0.2, 0.25) is 5.95 Å². The first-order chi connectivity index (χ1) is 15.5.